The van der Waals surface area contributed by atoms with Gasteiger partial charge in [0.2, 0.25) is 0 Å². The molecule has 0 aliphatic heterocycles. The number of para-hydroxylation sites is 1. The van der Waals surface area contributed by atoms with Crippen molar-refractivity contribution >= 4 is 34.5 Å². The molecule has 1 amide bonds. The van der Waals surface area contributed by atoms with Gasteiger partial charge < -0.3 is 5.32 Å². The van der Waals surface area contributed by atoms with Gasteiger partial charge in [0.1, 0.15) is 5.15 Å². The first kappa shape index (κ1) is 15.4. The van der Waals surface area contributed by atoms with Gasteiger partial charge in [0.25, 0.3) is 5.91 Å². The second kappa shape index (κ2) is 6.38. The van der Waals surface area contributed by atoms with Crippen molar-refractivity contribution in [2.24, 2.45) is 0 Å². The van der Waals surface area contributed by atoms with Gasteiger partial charge in [-0.2, -0.15) is 11.3 Å². The Hall–Kier alpha value is -2.17. The Bertz CT molecular complexity index is 879. The molecule has 2 aromatic heterocycles. The minimum Gasteiger partial charge on any atom is -0.322 e. The highest BCUT2D eigenvalue weighted by molar-refractivity contribution is 7.08. The summed E-state index contributed by atoms with van der Waals surface area (Å²) in [5.74, 6) is 0.782. The number of carbonyl (C=O) groups is 1. The van der Waals surface area contributed by atoms with Crippen LogP contribution in [0.3, 0.4) is 0 Å². The third-order valence-electron chi connectivity index (χ3n) is 4.37. The van der Waals surface area contributed by atoms with Crippen LogP contribution >= 0.6 is 22.9 Å². The fourth-order valence-corrected chi connectivity index (χ4v) is 4.00. The van der Waals surface area contributed by atoms with Gasteiger partial charge in [-0.05, 0) is 64.4 Å². The minimum atomic E-state index is -0.228. The highest BCUT2D eigenvalue weighted by atomic mass is 35.5. The Kier molecular flexibility index (Phi) is 4.08. The van der Waals surface area contributed by atoms with E-state index in [0.717, 1.165) is 12.1 Å². The van der Waals surface area contributed by atoms with Crippen LogP contribution in [0.1, 0.15) is 39.7 Å². The molecule has 0 spiro atoms. The third kappa shape index (κ3) is 2.95. The van der Waals surface area contributed by atoms with Gasteiger partial charge in [-0.3, -0.25) is 4.79 Å². The number of benzene rings is 1. The molecule has 120 valence electrons. The zero-order chi connectivity index (χ0) is 16.5. The summed E-state index contributed by atoms with van der Waals surface area (Å²) >= 11 is 7.75. The third-order valence-corrected chi connectivity index (χ3v) is 5.38. The van der Waals surface area contributed by atoms with Crippen molar-refractivity contribution < 1.29 is 4.79 Å². The summed E-state index contributed by atoms with van der Waals surface area (Å²) in [6.07, 6.45) is 2.69. The lowest BCUT2D eigenvalue weighted by Gasteiger charge is -2.11. The lowest BCUT2D eigenvalue weighted by molar-refractivity contribution is 0.102. The summed E-state index contributed by atoms with van der Waals surface area (Å²) in [6.45, 7) is 0. The van der Waals surface area contributed by atoms with Crippen LogP contribution in [0.2, 0.25) is 5.15 Å². The summed E-state index contributed by atoms with van der Waals surface area (Å²) in [7, 11) is 0. The van der Waals surface area contributed by atoms with Gasteiger partial charge >= 0.3 is 0 Å². The van der Waals surface area contributed by atoms with Crippen molar-refractivity contribution in [3.8, 4) is 0 Å². The van der Waals surface area contributed by atoms with Gasteiger partial charge in [0, 0.05) is 11.9 Å². The van der Waals surface area contributed by atoms with E-state index >= 15 is 0 Å². The second-order valence-electron chi connectivity index (χ2n) is 5.89. The Morgan fingerprint density at radius 1 is 1.17 bits per heavy atom. The van der Waals surface area contributed by atoms with Gasteiger partial charge in [0.15, 0.2) is 0 Å². The highest BCUT2D eigenvalue weighted by Crippen LogP contribution is 2.56. The molecule has 2 atom stereocenters. The predicted octanol–water partition coefficient (Wildman–Crippen LogP) is 5.32. The number of rotatable bonds is 4. The Balaban J connectivity index is 1.57. The van der Waals surface area contributed by atoms with Gasteiger partial charge in [-0.1, -0.05) is 29.8 Å². The maximum Gasteiger partial charge on any atom is 0.258 e. The van der Waals surface area contributed by atoms with E-state index in [1.165, 1.54) is 11.1 Å². The van der Waals surface area contributed by atoms with Crippen molar-refractivity contribution in [1.29, 1.82) is 0 Å². The molecule has 2 heterocycles. The van der Waals surface area contributed by atoms with E-state index in [9.17, 15) is 4.79 Å². The molecule has 0 saturated heterocycles. The zero-order valence-electron chi connectivity index (χ0n) is 12.8. The lowest BCUT2D eigenvalue weighted by Crippen LogP contribution is -2.14. The highest BCUT2D eigenvalue weighted by Gasteiger charge is 2.40. The second-order valence-corrected chi connectivity index (χ2v) is 7.03. The molecule has 1 aliphatic carbocycles. The van der Waals surface area contributed by atoms with E-state index in [1.54, 1.807) is 29.7 Å². The summed E-state index contributed by atoms with van der Waals surface area (Å²) in [5, 5.41) is 7.54. The quantitative estimate of drug-likeness (QED) is 0.644. The molecule has 1 fully saturated rings. The van der Waals surface area contributed by atoms with E-state index in [1.807, 2.05) is 18.2 Å². The first-order valence-electron chi connectivity index (χ1n) is 7.77. The van der Waals surface area contributed by atoms with E-state index in [0.29, 0.717) is 17.4 Å². The standard InChI is InChI=1S/C19H15ClN2OS/c20-18-14(5-3-8-21-18)19(23)22-17-6-2-1-4-13(17)16-10-15(16)12-7-9-24-11-12/h1-9,11,15-16H,10H2,(H,22,23). The van der Waals surface area contributed by atoms with E-state index in [4.69, 9.17) is 11.6 Å². The molecule has 1 aliphatic rings. The number of anilines is 1. The summed E-state index contributed by atoms with van der Waals surface area (Å²) in [6, 6.07) is 13.6. The molecule has 0 radical (unpaired) electrons. The Morgan fingerprint density at radius 2 is 2.04 bits per heavy atom. The zero-order valence-corrected chi connectivity index (χ0v) is 14.3. The number of pyridine rings is 1. The number of thiophene rings is 1. The maximum absolute atomic E-state index is 12.5. The summed E-state index contributed by atoms with van der Waals surface area (Å²) in [5.41, 5.74) is 3.81. The number of nitrogens with one attached hydrogen (secondary N) is 1. The SMILES string of the molecule is O=C(Nc1ccccc1C1CC1c1ccsc1)c1cccnc1Cl. The van der Waals surface area contributed by atoms with E-state index < -0.39 is 0 Å². The largest absolute Gasteiger partial charge is 0.322 e. The van der Waals surface area contributed by atoms with Crippen molar-refractivity contribution in [3.05, 3.63) is 81.3 Å². The fraction of sp³-hybridized carbons (Fsp3) is 0.158. The molecule has 4 rings (SSSR count). The molecular weight excluding hydrogens is 340 g/mol. The maximum atomic E-state index is 12.5. The Labute approximate surface area is 149 Å². The molecule has 1 aromatic carbocycles. The number of hydrogen-bond donors (Lipinski definition) is 1. The Morgan fingerprint density at radius 3 is 2.83 bits per heavy atom. The first-order chi connectivity index (χ1) is 11.7. The number of halogens is 1. The van der Waals surface area contributed by atoms with Crippen LogP contribution in [0.15, 0.2) is 59.4 Å². The molecule has 0 bridgehead atoms. The first-order valence-corrected chi connectivity index (χ1v) is 9.09. The van der Waals surface area contributed by atoms with Crippen LogP contribution in [0.25, 0.3) is 0 Å². The predicted molar refractivity (Wildman–Crippen MR) is 98.1 cm³/mol. The van der Waals surface area contributed by atoms with Crippen molar-refractivity contribution in [2.45, 2.75) is 18.3 Å². The molecule has 1 saturated carbocycles. The van der Waals surface area contributed by atoms with Gasteiger partial charge in [0.05, 0.1) is 5.56 Å². The summed E-state index contributed by atoms with van der Waals surface area (Å²) < 4.78 is 0. The fourth-order valence-electron chi connectivity index (χ4n) is 3.07. The van der Waals surface area contributed by atoms with Gasteiger partial charge in [-0.15, -0.1) is 0 Å². The molecule has 3 nitrogen and oxygen atoms in total. The number of carbonyl (C=O) groups excluding carboxylic acids is 1. The molecule has 3 aromatic rings. The van der Waals surface area contributed by atoms with Crippen molar-refractivity contribution in [2.75, 3.05) is 5.32 Å². The van der Waals surface area contributed by atoms with E-state index in [-0.39, 0.29) is 11.1 Å². The van der Waals surface area contributed by atoms with Crippen LogP contribution in [0, 0.1) is 0 Å². The minimum absolute atomic E-state index is 0.218. The van der Waals surface area contributed by atoms with E-state index in [2.05, 4.69) is 33.2 Å². The number of aromatic nitrogens is 1. The molecule has 2 unspecified atom stereocenters. The topological polar surface area (TPSA) is 42.0 Å². The lowest BCUT2D eigenvalue weighted by atomic mass is 10.0. The van der Waals surface area contributed by atoms with Crippen LogP contribution in [0.5, 0.6) is 0 Å². The molecular formula is C19H15ClN2OS. The average Bonchev–Trinajstić information content (AvgIpc) is 3.20. The molecule has 1 N–H and O–H groups in total. The number of amides is 1. The smallest absolute Gasteiger partial charge is 0.258 e. The van der Waals surface area contributed by atoms with Crippen LogP contribution in [0.4, 0.5) is 5.69 Å². The number of hydrogen-bond acceptors (Lipinski definition) is 3. The van der Waals surface area contributed by atoms with Crippen LogP contribution in [-0.2, 0) is 0 Å². The van der Waals surface area contributed by atoms with Crippen molar-refractivity contribution in [1.82, 2.24) is 4.98 Å². The molecule has 24 heavy (non-hydrogen) atoms. The summed E-state index contributed by atoms with van der Waals surface area (Å²) in [4.78, 5) is 16.5. The number of nitrogens with zero attached hydrogens (tertiary/aromatic N) is 1. The van der Waals surface area contributed by atoms with Crippen molar-refractivity contribution in [3.63, 3.8) is 0 Å². The van der Waals surface area contributed by atoms with Crippen LogP contribution in [-0.4, -0.2) is 10.9 Å². The normalized spacial score (nSPS) is 19.0. The monoisotopic (exact) mass is 354 g/mol. The van der Waals surface area contributed by atoms with Crippen LogP contribution < -0.4 is 5.32 Å². The average molecular weight is 355 g/mol. The van der Waals surface area contributed by atoms with Gasteiger partial charge in [-0.25, -0.2) is 4.98 Å². The molecule has 5 heteroatoms.